The molecule has 5 heteroatoms. The number of carbonyl (C=O) groups excluding carboxylic acids is 1. The molecule has 0 aliphatic heterocycles. The zero-order chi connectivity index (χ0) is 11.6. The standard InChI is InChI=1S/C10H21NO3Si/c1-4-5-8-15(13-2,14-3)9-6-7-11-10-12/h4-9H2,1-3H3. The maximum absolute atomic E-state index is 9.90. The molecule has 15 heavy (non-hydrogen) atoms. The SMILES string of the molecule is CCCC[Si](CCCN=C=O)(OC)OC. The van der Waals surface area contributed by atoms with E-state index >= 15 is 0 Å². The summed E-state index contributed by atoms with van der Waals surface area (Å²) in [6.07, 6.45) is 4.66. The predicted octanol–water partition coefficient (Wildman–Crippen LogP) is 2.25. The zero-order valence-corrected chi connectivity index (χ0v) is 10.9. The lowest BCUT2D eigenvalue weighted by Gasteiger charge is -2.27. The Morgan fingerprint density at radius 2 is 1.80 bits per heavy atom. The van der Waals surface area contributed by atoms with E-state index in [1.807, 2.05) is 0 Å². The van der Waals surface area contributed by atoms with Gasteiger partial charge < -0.3 is 8.85 Å². The molecular formula is C10H21NO3Si. The Kier molecular flexibility index (Phi) is 8.51. The van der Waals surface area contributed by atoms with Gasteiger partial charge in [-0.25, -0.2) is 9.79 Å². The van der Waals surface area contributed by atoms with Crippen molar-refractivity contribution in [1.82, 2.24) is 0 Å². The smallest absolute Gasteiger partial charge is 0.337 e. The van der Waals surface area contributed by atoms with Gasteiger partial charge in [0.1, 0.15) is 0 Å². The molecule has 0 spiro atoms. The molecule has 0 aliphatic rings. The number of unbranched alkanes of at least 4 members (excludes halogenated alkanes) is 1. The topological polar surface area (TPSA) is 47.9 Å². The minimum absolute atomic E-state index is 0.525. The van der Waals surface area contributed by atoms with E-state index in [2.05, 4.69) is 11.9 Å². The van der Waals surface area contributed by atoms with E-state index < -0.39 is 8.56 Å². The second kappa shape index (κ2) is 8.80. The van der Waals surface area contributed by atoms with Gasteiger partial charge in [0.25, 0.3) is 0 Å². The highest BCUT2D eigenvalue weighted by Gasteiger charge is 2.33. The van der Waals surface area contributed by atoms with Crippen LogP contribution in [0.25, 0.3) is 0 Å². The van der Waals surface area contributed by atoms with Gasteiger partial charge in [-0.2, -0.15) is 0 Å². The number of rotatable bonds is 9. The van der Waals surface area contributed by atoms with Gasteiger partial charge in [-0.05, 0) is 18.5 Å². The molecule has 0 N–H and O–H groups in total. The fourth-order valence-electron chi connectivity index (χ4n) is 1.54. The molecule has 0 amide bonds. The third-order valence-electron chi connectivity index (χ3n) is 2.55. The van der Waals surface area contributed by atoms with Crippen LogP contribution < -0.4 is 0 Å². The minimum atomic E-state index is -2.00. The summed E-state index contributed by atoms with van der Waals surface area (Å²) in [5, 5.41) is 0. The van der Waals surface area contributed by atoms with Crippen LogP contribution in [0.15, 0.2) is 4.99 Å². The van der Waals surface area contributed by atoms with Gasteiger partial charge in [0.05, 0.1) is 6.54 Å². The molecule has 0 unspecified atom stereocenters. The van der Waals surface area contributed by atoms with Crippen LogP contribution in [-0.4, -0.2) is 35.4 Å². The molecule has 4 nitrogen and oxygen atoms in total. The molecule has 0 heterocycles. The summed E-state index contributed by atoms with van der Waals surface area (Å²) in [5.41, 5.74) is 0. The molecule has 0 aromatic carbocycles. The highest BCUT2D eigenvalue weighted by molar-refractivity contribution is 6.67. The summed E-state index contributed by atoms with van der Waals surface area (Å²) in [6, 6.07) is 1.91. The predicted molar refractivity (Wildman–Crippen MR) is 61.9 cm³/mol. The zero-order valence-electron chi connectivity index (χ0n) is 9.91. The average molecular weight is 231 g/mol. The van der Waals surface area contributed by atoms with Gasteiger partial charge in [0, 0.05) is 14.2 Å². The van der Waals surface area contributed by atoms with Crippen LogP contribution in [0.1, 0.15) is 26.2 Å². The summed E-state index contributed by atoms with van der Waals surface area (Å²) >= 11 is 0. The van der Waals surface area contributed by atoms with Gasteiger partial charge in [-0.1, -0.05) is 19.8 Å². The number of hydrogen-bond donors (Lipinski definition) is 0. The van der Waals surface area contributed by atoms with Crippen LogP contribution in [0.4, 0.5) is 0 Å². The largest absolute Gasteiger partial charge is 0.398 e. The summed E-state index contributed by atoms with van der Waals surface area (Å²) in [7, 11) is 1.43. The average Bonchev–Trinajstić information content (AvgIpc) is 2.29. The van der Waals surface area contributed by atoms with Gasteiger partial charge in [-0.15, -0.1) is 0 Å². The second-order valence-corrected chi connectivity index (χ2v) is 7.14. The van der Waals surface area contributed by atoms with Gasteiger partial charge in [-0.3, -0.25) is 0 Å². The van der Waals surface area contributed by atoms with Crippen molar-refractivity contribution in [2.75, 3.05) is 20.8 Å². The Morgan fingerprint density at radius 1 is 1.20 bits per heavy atom. The third-order valence-corrected chi connectivity index (χ3v) is 6.27. The number of isocyanates is 1. The molecule has 0 aromatic heterocycles. The lowest BCUT2D eigenvalue weighted by molar-refractivity contribution is 0.239. The molecule has 0 saturated carbocycles. The van der Waals surface area contributed by atoms with Crippen molar-refractivity contribution >= 4 is 14.6 Å². The summed E-state index contributed by atoms with van der Waals surface area (Å²) in [6.45, 7) is 2.68. The number of hydrogen-bond acceptors (Lipinski definition) is 4. The van der Waals surface area contributed by atoms with Crippen molar-refractivity contribution in [3.05, 3.63) is 0 Å². The van der Waals surface area contributed by atoms with E-state index in [-0.39, 0.29) is 0 Å². The molecule has 0 fully saturated rings. The second-order valence-electron chi connectivity index (χ2n) is 3.50. The Morgan fingerprint density at radius 3 is 2.27 bits per heavy atom. The van der Waals surface area contributed by atoms with E-state index in [9.17, 15) is 4.79 Å². The van der Waals surface area contributed by atoms with Crippen molar-refractivity contribution in [2.45, 2.75) is 38.3 Å². The molecule has 0 aliphatic carbocycles. The van der Waals surface area contributed by atoms with Crippen molar-refractivity contribution in [3.8, 4) is 0 Å². The molecule has 0 atom stereocenters. The number of nitrogens with zero attached hydrogens (tertiary/aromatic N) is 1. The molecule has 88 valence electrons. The van der Waals surface area contributed by atoms with Crippen molar-refractivity contribution in [1.29, 1.82) is 0 Å². The molecule has 0 radical (unpaired) electrons. The number of aliphatic imine (C=N–C) groups is 1. The first kappa shape index (κ1) is 14.5. The minimum Gasteiger partial charge on any atom is -0.398 e. The van der Waals surface area contributed by atoms with Crippen LogP contribution in [0.3, 0.4) is 0 Å². The summed E-state index contributed by atoms with van der Waals surface area (Å²) in [5.74, 6) is 0. The van der Waals surface area contributed by atoms with E-state index in [1.165, 1.54) is 0 Å². The van der Waals surface area contributed by atoms with Gasteiger partial charge >= 0.3 is 8.56 Å². The van der Waals surface area contributed by atoms with E-state index in [1.54, 1.807) is 20.3 Å². The van der Waals surface area contributed by atoms with E-state index in [0.717, 1.165) is 31.4 Å². The Bertz CT molecular complexity index is 201. The lowest BCUT2D eigenvalue weighted by atomic mass is 10.4. The Balaban J connectivity index is 4.04. The lowest BCUT2D eigenvalue weighted by Crippen LogP contribution is -2.39. The Hall–Kier alpha value is -0.483. The first-order valence-corrected chi connectivity index (χ1v) is 7.61. The van der Waals surface area contributed by atoms with Crippen LogP contribution in [0.5, 0.6) is 0 Å². The summed E-state index contributed by atoms with van der Waals surface area (Å²) in [4.78, 5) is 13.4. The summed E-state index contributed by atoms with van der Waals surface area (Å²) < 4.78 is 11.1. The highest BCUT2D eigenvalue weighted by Crippen LogP contribution is 2.22. The maximum Gasteiger partial charge on any atom is 0.337 e. The normalized spacial score (nSPS) is 11.1. The quantitative estimate of drug-likeness (QED) is 0.265. The van der Waals surface area contributed by atoms with E-state index in [0.29, 0.717) is 6.54 Å². The van der Waals surface area contributed by atoms with Gasteiger partial charge in [0.15, 0.2) is 0 Å². The third kappa shape index (κ3) is 5.84. The fraction of sp³-hybridized carbons (Fsp3) is 0.900. The van der Waals surface area contributed by atoms with Crippen LogP contribution in [0, 0.1) is 0 Å². The van der Waals surface area contributed by atoms with Crippen molar-refractivity contribution in [2.24, 2.45) is 4.99 Å². The van der Waals surface area contributed by atoms with Crippen LogP contribution in [-0.2, 0) is 13.6 Å². The molecule has 0 bridgehead atoms. The molecule has 0 saturated heterocycles. The monoisotopic (exact) mass is 231 g/mol. The first-order valence-electron chi connectivity index (χ1n) is 5.38. The molecular weight excluding hydrogens is 210 g/mol. The van der Waals surface area contributed by atoms with E-state index in [4.69, 9.17) is 8.85 Å². The molecule has 0 aromatic rings. The van der Waals surface area contributed by atoms with Crippen molar-refractivity contribution in [3.63, 3.8) is 0 Å². The maximum atomic E-state index is 9.90. The van der Waals surface area contributed by atoms with Crippen LogP contribution >= 0.6 is 0 Å². The first-order chi connectivity index (χ1) is 7.24. The fourth-order valence-corrected chi connectivity index (χ4v) is 4.36. The van der Waals surface area contributed by atoms with Crippen molar-refractivity contribution < 1.29 is 13.6 Å². The van der Waals surface area contributed by atoms with Gasteiger partial charge in [0.2, 0.25) is 6.08 Å². The van der Waals surface area contributed by atoms with Crippen LogP contribution in [0.2, 0.25) is 12.1 Å². The molecule has 0 rings (SSSR count). The Labute approximate surface area is 92.9 Å². The highest BCUT2D eigenvalue weighted by atomic mass is 28.4.